The third-order valence-electron chi connectivity index (χ3n) is 9.17. The van der Waals surface area contributed by atoms with Crippen molar-refractivity contribution in [3.05, 3.63) is 38.2 Å². The molecule has 13 heteroatoms. The molecule has 44 heavy (non-hydrogen) atoms. The number of methoxy groups -OCH3 is 1. The molecule has 1 aliphatic carbocycles. The van der Waals surface area contributed by atoms with E-state index in [0.29, 0.717) is 43.5 Å². The number of halogens is 4. The molecule has 1 amide bonds. The third kappa shape index (κ3) is 6.34. The molecule has 2 aromatic rings. The van der Waals surface area contributed by atoms with Crippen molar-refractivity contribution in [2.45, 2.75) is 44.3 Å². The number of fused-ring (bicyclic) bond motifs is 2. The zero-order valence-corrected chi connectivity index (χ0v) is 27.8. The summed E-state index contributed by atoms with van der Waals surface area (Å²) in [5.41, 5.74) is 3.17. The number of carbonyl (C=O) groups excluding carboxylic acids is 1. The first-order valence-corrected chi connectivity index (χ1v) is 20.1. The van der Waals surface area contributed by atoms with Crippen molar-refractivity contribution in [1.82, 2.24) is 19.4 Å². The number of morpholine rings is 1. The molecule has 0 saturated carbocycles. The van der Waals surface area contributed by atoms with Gasteiger partial charge in [-0.3, -0.25) is 0 Å². The van der Waals surface area contributed by atoms with Gasteiger partial charge in [-0.15, -0.1) is 0 Å². The molecule has 9 nitrogen and oxygen atoms in total. The van der Waals surface area contributed by atoms with Crippen molar-refractivity contribution in [2.75, 3.05) is 79.6 Å². The number of ether oxygens (including phenoxy) is 2. The molecule has 2 N–H and O–H groups in total. The van der Waals surface area contributed by atoms with Gasteiger partial charge in [-0.05, 0) is 0 Å². The van der Waals surface area contributed by atoms with Crippen LogP contribution in [-0.2, 0) is 27.5 Å². The SMILES string of the molecule is COCCNc1cc(NC2=C3C(=C(C(=O)N4CCC(N5CCOCC5)CC4)CC2)CCI3C)nc2c1c(C(F)(F)F)cn2C. The number of carbonyl (C=O) groups is 1. The monoisotopic (exact) mass is 730 g/mol. The summed E-state index contributed by atoms with van der Waals surface area (Å²) in [6.07, 6.45) is 0.876. The quantitative estimate of drug-likeness (QED) is 0.219. The minimum absolute atomic E-state index is 0.0543. The van der Waals surface area contributed by atoms with E-state index >= 15 is 0 Å². The van der Waals surface area contributed by atoms with Gasteiger partial charge >= 0.3 is 264 Å². The Kier molecular flexibility index (Phi) is 9.46. The molecule has 0 aromatic carbocycles. The molecule has 5 heterocycles. The van der Waals surface area contributed by atoms with Crippen LogP contribution in [-0.4, -0.2) is 100 Å². The van der Waals surface area contributed by atoms with Crippen molar-refractivity contribution < 1.29 is 27.4 Å². The van der Waals surface area contributed by atoms with Gasteiger partial charge in [0.15, 0.2) is 0 Å². The maximum atomic E-state index is 13.9. The van der Waals surface area contributed by atoms with Gasteiger partial charge in [0.25, 0.3) is 0 Å². The van der Waals surface area contributed by atoms with Crippen LogP contribution in [0.15, 0.2) is 32.7 Å². The molecule has 242 valence electrons. The number of alkyl halides is 5. The molecule has 2 aromatic heterocycles. The second kappa shape index (κ2) is 13.2. The molecule has 0 radical (unpaired) electrons. The van der Waals surface area contributed by atoms with Crippen molar-refractivity contribution in [1.29, 1.82) is 0 Å². The van der Waals surface area contributed by atoms with Crippen LogP contribution in [0.5, 0.6) is 0 Å². The zero-order chi connectivity index (χ0) is 31.0. The number of likely N-dealkylation sites (tertiary alicyclic amines) is 1. The van der Waals surface area contributed by atoms with Crippen LogP contribution in [0.25, 0.3) is 11.0 Å². The van der Waals surface area contributed by atoms with E-state index in [4.69, 9.17) is 9.47 Å². The van der Waals surface area contributed by atoms with Crippen molar-refractivity contribution in [3.8, 4) is 0 Å². The Balaban J connectivity index is 1.26. The van der Waals surface area contributed by atoms with Crippen LogP contribution in [0.4, 0.5) is 24.7 Å². The molecule has 0 unspecified atom stereocenters. The van der Waals surface area contributed by atoms with Crippen molar-refractivity contribution >= 4 is 48.3 Å². The molecular weight excluding hydrogens is 688 g/mol. The van der Waals surface area contributed by atoms with Gasteiger partial charge in [0, 0.05) is 0 Å². The van der Waals surface area contributed by atoms with Crippen LogP contribution >= 0.6 is 19.8 Å². The Morgan fingerprint density at radius 3 is 2.61 bits per heavy atom. The predicted octanol–water partition coefficient (Wildman–Crippen LogP) is 5.23. The predicted molar refractivity (Wildman–Crippen MR) is 174 cm³/mol. The average Bonchev–Trinajstić information content (AvgIpc) is 3.58. The van der Waals surface area contributed by atoms with Crippen molar-refractivity contribution in [3.63, 3.8) is 0 Å². The van der Waals surface area contributed by atoms with E-state index in [-0.39, 0.29) is 16.9 Å². The van der Waals surface area contributed by atoms with E-state index in [9.17, 15) is 18.0 Å². The van der Waals surface area contributed by atoms with E-state index in [1.54, 1.807) is 20.2 Å². The molecular formula is C31H42F3IN6O3. The van der Waals surface area contributed by atoms with E-state index in [1.807, 2.05) is 0 Å². The number of hydrogen-bond donors (Lipinski definition) is 2. The standard InChI is InChI=1S/C31H42F3IN6O3/c1-35-9-6-21-22(30(42)41-11-7-20(8-12-41)40-13-16-44-17-14-40)4-5-24(28(21)35)37-26-18-25(36-10-15-43-3)27-23(31(32,33)34)19-39(2)29(27)38-26/h18-20H,4-17H2,1-3H3,(H2,36,37,38). The number of aryl methyl sites for hydroxylation is 1. The van der Waals surface area contributed by atoms with E-state index < -0.39 is 31.6 Å². The van der Waals surface area contributed by atoms with Crippen LogP contribution in [0.2, 0.25) is 0 Å². The molecule has 0 spiro atoms. The van der Waals surface area contributed by atoms with E-state index in [2.05, 4.69) is 30.3 Å². The molecule has 3 fully saturated rings. The summed E-state index contributed by atoms with van der Waals surface area (Å²) in [5.74, 6) is 0.695. The summed E-state index contributed by atoms with van der Waals surface area (Å²) in [5, 5.41) is 6.72. The van der Waals surface area contributed by atoms with Crippen LogP contribution in [0.1, 0.15) is 37.7 Å². The second-order valence-corrected chi connectivity index (χ2v) is 17.4. The minimum atomic E-state index is -4.51. The molecule has 0 atom stereocenters. The number of amides is 1. The fourth-order valence-electron chi connectivity index (χ4n) is 6.96. The molecule has 3 aliphatic heterocycles. The van der Waals surface area contributed by atoms with Gasteiger partial charge in [0.2, 0.25) is 0 Å². The number of anilines is 2. The van der Waals surface area contributed by atoms with Gasteiger partial charge in [-0.1, -0.05) is 0 Å². The summed E-state index contributed by atoms with van der Waals surface area (Å²) in [4.78, 5) is 25.5. The van der Waals surface area contributed by atoms with Crippen molar-refractivity contribution in [2.24, 2.45) is 7.05 Å². The first-order valence-electron chi connectivity index (χ1n) is 15.3. The molecule has 0 bridgehead atoms. The number of nitrogens with one attached hydrogen (secondary N) is 2. The Bertz CT molecular complexity index is 1460. The topological polar surface area (TPSA) is 83.9 Å². The number of rotatable bonds is 8. The normalized spacial score (nSPS) is 21.4. The number of hydrogen-bond acceptors (Lipinski definition) is 7. The molecule has 6 rings (SSSR count). The number of piperidine rings is 1. The summed E-state index contributed by atoms with van der Waals surface area (Å²) >= 11 is -1.50. The molecule has 3 saturated heterocycles. The first-order chi connectivity index (χ1) is 21.2. The second-order valence-electron chi connectivity index (χ2n) is 11.9. The molecule has 4 aliphatic rings. The Morgan fingerprint density at radius 2 is 1.91 bits per heavy atom. The number of allylic oxidation sites excluding steroid dienone is 3. The Hall–Kier alpha value is -2.36. The summed E-state index contributed by atoms with van der Waals surface area (Å²) in [6.45, 7) is 5.82. The summed E-state index contributed by atoms with van der Waals surface area (Å²) < 4.78 is 56.4. The number of nitrogens with zero attached hydrogens (tertiary/aromatic N) is 4. The van der Waals surface area contributed by atoms with E-state index in [1.165, 1.54) is 13.7 Å². The van der Waals surface area contributed by atoms with Crippen LogP contribution < -0.4 is 10.6 Å². The Morgan fingerprint density at radius 1 is 1.16 bits per heavy atom. The third-order valence-corrected chi connectivity index (χ3v) is 14.5. The number of aromatic nitrogens is 2. The van der Waals surface area contributed by atoms with Gasteiger partial charge < -0.3 is 0 Å². The maximum absolute atomic E-state index is 13.9. The van der Waals surface area contributed by atoms with E-state index in [0.717, 1.165) is 80.5 Å². The van der Waals surface area contributed by atoms with Crippen LogP contribution in [0, 0.1) is 0 Å². The first kappa shape index (κ1) is 31.6. The van der Waals surface area contributed by atoms with Gasteiger partial charge in [0.05, 0.1) is 0 Å². The summed E-state index contributed by atoms with van der Waals surface area (Å²) in [7, 11) is 3.15. The zero-order valence-electron chi connectivity index (χ0n) is 25.7. The fourth-order valence-corrected chi connectivity index (χ4v) is 12.1. The van der Waals surface area contributed by atoms with Gasteiger partial charge in [-0.25, -0.2) is 0 Å². The van der Waals surface area contributed by atoms with Gasteiger partial charge in [0.1, 0.15) is 0 Å². The average molecular weight is 731 g/mol. The van der Waals surface area contributed by atoms with Crippen LogP contribution in [0.3, 0.4) is 0 Å². The Labute approximate surface area is 263 Å². The fraction of sp³-hybridized carbons (Fsp3) is 0.613. The summed E-state index contributed by atoms with van der Waals surface area (Å²) in [6, 6.07) is 2.19. The van der Waals surface area contributed by atoms with Gasteiger partial charge in [-0.2, -0.15) is 0 Å². The number of pyridine rings is 1.